The molecule has 0 saturated carbocycles. The SMILES string of the molecule is Cc1cccc(OC2CCN(C(=O)c3cc(-c4ccco4)on3)C2)n1. The highest BCUT2D eigenvalue weighted by Crippen LogP contribution is 2.23. The smallest absolute Gasteiger partial charge is 0.276 e. The molecule has 0 N–H and O–H groups in total. The lowest BCUT2D eigenvalue weighted by Gasteiger charge is -2.15. The summed E-state index contributed by atoms with van der Waals surface area (Å²) in [6.45, 7) is 3.02. The molecule has 3 aromatic rings. The van der Waals surface area contributed by atoms with E-state index in [0.717, 1.165) is 12.1 Å². The molecule has 1 aliphatic rings. The van der Waals surface area contributed by atoms with Gasteiger partial charge in [0.15, 0.2) is 11.5 Å². The molecule has 1 saturated heterocycles. The van der Waals surface area contributed by atoms with Crippen molar-refractivity contribution in [2.75, 3.05) is 13.1 Å². The topological polar surface area (TPSA) is 81.6 Å². The number of carbonyl (C=O) groups excluding carboxylic acids is 1. The number of nitrogens with zero attached hydrogens (tertiary/aromatic N) is 3. The molecule has 0 spiro atoms. The first-order valence-electron chi connectivity index (χ1n) is 8.09. The van der Waals surface area contributed by atoms with Crippen molar-refractivity contribution >= 4 is 5.91 Å². The Morgan fingerprint density at radius 2 is 2.20 bits per heavy atom. The molecule has 3 aromatic heterocycles. The van der Waals surface area contributed by atoms with Gasteiger partial charge in [-0.1, -0.05) is 11.2 Å². The predicted molar refractivity (Wildman–Crippen MR) is 88.1 cm³/mol. The van der Waals surface area contributed by atoms with Crippen molar-refractivity contribution in [3.05, 3.63) is 54.0 Å². The molecule has 0 aromatic carbocycles. The number of aromatic nitrogens is 2. The predicted octanol–water partition coefficient (Wildman–Crippen LogP) is 2.93. The van der Waals surface area contributed by atoms with Crippen LogP contribution < -0.4 is 4.74 Å². The van der Waals surface area contributed by atoms with Gasteiger partial charge in [-0.3, -0.25) is 4.79 Å². The van der Waals surface area contributed by atoms with Gasteiger partial charge >= 0.3 is 0 Å². The summed E-state index contributed by atoms with van der Waals surface area (Å²) in [6, 6.07) is 10.7. The van der Waals surface area contributed by atoms with Crippen molar-refractivity contribution in [2.45, 2.75) is 19.4 Å². The van der Waals surface area contributed by atoms with Crippen LogP contribution in [-0.2, 0) is 0 Å². The molecule has 4 rings (SSSR count). The van der Waals surface area contributed by atoms with Gasteiger partial charge in [0.25, 0.3) is 5.91 Å². The number of carbonyl (C=O) groups is 1. The van der Waals surface area contributed by atoms with E-state index in [4.69, 9.17) is 13.7 Å². The van der Waals surface area contributed by atoms with Gasteiger partial charge in [-0.25, -0.2) is 4.98 Å². The highest BCUT2D eigenvalue weighted by molar-refractivity contribution is 5.93. The Balaban J connectivity index is 1.40. The van der Waals surface area contributed by atoms with Crippen LogP contribution >= 0.6 is 0 Å². The largest absolute Gasteiger partial charge is 0.472 e. The van der Waals surface area contributed by atoms with E-state index in [1.165, 1.54) is 0 Å². The molecule has 25 heavy (non-hydrogen) atoms. The van der Waals surface area contributed by atoms with Crippen molar-refractivity contribution in [1.29, 1.82) is 0 Å². The first-order chi connectivity index (χ1) is 12.2. The molecular weight excluding hydrogens is 322 g/mol. The van der Waals surface area contributed by atoms with Crippen molar-refractivity contribution in [3.8, 4) is 17.4 Å². The van der Waals surface area contributed by atoms with Gasteiger partial charge in [0.2, 0.25) is 11.6 Å². The van der Waals surface area contributed by atoms with Crippen LogP contribution in [0.3, 0.4) is 0 Å². The lowest BCUT2D eigenvalue weighted by molar-refractivity contribution is 0.0761. The van der Waals surface area contributed by atoms with E-state index in [9.17, 15) is 4.79 Å². The van der Waals surface area contributed by atoms with Crippen LogP contribution in [0.1, 0.15) is 22.6 Å². The van der Waals surface area contributed by atoms with Crippen molar-refractivity contribution < 1.29 is 18.5 Å². The maximum absolute atomic E-state index is 12.6. The zero-order chi connectivity index (χ0) is 17.2. The molecule has 1 aliphatic heterocycles. The van der Waals surface area contributed by atoms with Crippen LogP contribution in [0.25, 0.3) is 11.5 Å². The fourth-order valence-electron chi connectivity index (χ4n) is 2.84. The van der Waals surface area contributed by atoms with E-state index >= 15 is 0 Å². The summed E-state index contributed by atoms with van der Waals surface area (Å²) < 4.78 is 16.3. The molecule has 7 nitrogen and oxygen atoms in total. The van der Waals surface area contributed by atoms with Gasteiger partial charge in [0.05, 0.1) is 12.8 Å². The minimum Gasteiger partial charge on any atom is -0.472 e. The third-order valence-electron chi connectivity index (χ3n) is 4.08. The normalized spacial score (nSPS) is 17.0. The first kappa shape index (κ1) is 15.4. The quantitative estimate of drug-likeness (QED) is 0.727. The molecule has 0 radical (unpaired) electrons. The Morgan fingerprint density at radius 1 is 1.28 bits per heavy atom. The lowest BCUT2D eigenvalue weighted by atomic mass is 10.3. The van der Waals surface area contributed by atoms with E-state index in [1.807, 2.05) is 25.1 Å². The molecule has 4 heterocycles. The Morgan fingerprint density at radius 3 is 3.00 bits per heavy atom. The number of rotatable bonds is 4. The summed E-state index contributed by atoms with van der Waals surface area (Å²) in [5.41, 5.74) is 1.16. The summed E-state index contributed by atoms with van der Waals surface area (Å²) >= 11 is 0. The number of pyridine rings is 1. The number of amides is 1. The van der Waals surface area contributed by atoms with Crippen molar-refractivity contribution in [1.82, 2.24) is 15.0 Å². The van der Waals surface area contributed by atoms with Crippen molar-refractivity contribution in [2.24, 2.45) is 0 Å². The maximum Gasteiger partial charge on any atom is 0.276 e. The van der Waals surface area contributed by atoms with Crippen LogP contribution in [0.5, 0.6) is 5.88 Å². The number of hydrogen-bond donors (Lipinski definition) is 0. The monoisotopic (exact) mass is 339 g/mol. The van der Waals surface area contributed by atoms with E-state index in [-0.39, 0.29) is 17.7 Å². The molecule has 1 unspecified atom stereocenters. The van der Waals surface area contributed by atoms with E-state index in [0.29, 0.717) is 30.5 Å². The highest BCUT2D eigenvalue weighted by Gasteiger charge is 2.30. The number of aryl methyl sites for hydroxylation is 1. The van der Waals surface area contributed by atoms with Crippen LogP contribution in [0.4, 0.5) is 0 Å². The minimum atomic E-state index is -0.176. The van der Waals surface area contributed by atoms with Gasteiger partial charge < -0.3 is 18.6 Å². The average molecular weight is 339 g/mol. The zero-order valence-electron chi connectivity index (χ0n) is 13.7. The van der Waals surface area contributed by atoms with Gasteiger partial charge in [-0.2, -0.15) is 0 Å². The molecule has 0 bridgehead atoms. The Hall–Kier alpha value is -3.09. The van der Waals surface area contributed by atoms with Gasteiger partial charge in [0, 0.05) is 30.8 Å². The fraction of sp³-hybridized carbons (Fsp3) is 0.278. The highest BCUT2D eigenvalue weighted by atomic mass is 16.5. The van der Waals surface area contributed by atoms with Crippen LogP contribution in [0, 0.1) is 6.92 Å². The third-order valence-corrected chi connectivity index (χ3v) is 4.08. The second-order valence-corrected chi connectivity index (χ2v) is 5.95. The summed E-state index contributed by atoms with van der Waals surface area (Å²) in [5.74, 6) is 1.38. The summed E-state index contributed by atoms with van der Waals surface area (Å²) in [5, 5.41) is 3.86. The molecule has 1 amide bonds. The maximum atomic E-state index is 12.6. The van der Waals surface area contributed by atoms with Gasteiger partial charge in [0.1, 0.15) is 6.10 Å². The standard InChI is InChI=1S/C18H17N3O4/c1-12-4-2-6-17(19-12)24-13-7-8-21(11-13)18(22)14-10-16(25-20-14)15-5-3-9-23-15/h2-6,9-10,13H,7-8,11H2,1H3. The number of ether oxygens (including phenoxy) is 1. The first-order valence-corrected chi connectivity index (χ1v) is 8.09. The van der Waals surface area contributed by atoms with E-state index < -0.39 is 0 Å². The molecule has 1 fully saturated rings. The molecule has 7 heteroatoms. The average Bonchev–Trinajstić information content (AvgIpc) is 3.35. The van der Waals surface area contributed by atoms with Crippen molar-refractivity contribution in [3.63, 3.8) is 0 Å². The Bertz CT molecular complexity index is 872. The molecule has 0 aliphatic carbocycles. The molecular formula is C18H17N3O4. The number of likely N-dealkylation sites (tertiary alicyclic amines) is 1. The zero-order valence-corrected chi connectivity index (χ0v) is 13.7. The van der Waals surface area contributed by atoms with E-state index in [1.54, 1.807) is 29.4 Å². The van der Waals surface area contributed by atoms with Crippen LogP contribution in [0.2, 0.25) is 0 Å². The lowest BCUT2D eigenvalue weighted by Crippen LogP contribution is -2.31. The van der Waals surface area contributed by atoms with E-state index in [2.05, 4.69) is 10.1 Å². The second kappa shape index (κ2) is 6.43. The number of furan rings is 1. The summed E-state index contributed by atoms with van der Waals surface area (Å²) in [6.07, 6.45) is 2.22. The van der Waals surface area contributed by atoms with Gasteiger partial charge in [-0.15, -0.1) is 0 Å². The molecule has 128 valence electrons. The second-order valence-electron chi connectivity index (χ2n) is 5.95. The fourth-order valence-corrected chi connectivity index (χ4v) is 2.84. The third kappa shape index (κ3) is 3.26. The van der Waals surface area contributed by atoms with Gasteiger partial charge in [-0.05, 0) is 25.1 Å². The van der Waals surface area contributed by atoms with Crippen LogP contribution in [-0.4, -0.2) is 40.1 Å². The number of hydrogen-bond acceptors (Lipinski definition) is 6. The minimum absolute atomic E-state index is 0.0744. The van der Waals surface area contributed by atoms with Crippen LogP contribution in [0.15, 0.2) is 51.6 Å². The Kier molecular flexibility index (Phi) is 3.97. The Labute approximate surface area is 144 Å². The summed E-state index contributed by atoms with van der Waals surface area (Å²) in [7, 11) is 0. The summed E-state index contributed by atoms with van der Waals surface area (Å²) in [4.78, 5) is 18.6. The molecule has 1 atom stereocenters.